The van der Waals surface area contributed by atoms with Gasteiger partial charge in [-0.05, 0) is 66.0 Å². The number of carbonyl (C=O) groups excluding carboxylic acids is 2. The second-order valence-electron chi connectivity index (χ2n) is 7.37. The van der Waals surface area contributed by atoms with Crippen molar-refractivity contribution in [3.8, 4) is 11.1 Å². The van der Waals surface area contributed by atoms with Crippen LogP contribution in [0.25, 0.3) is 11.1 Å². The van der Waals surface area contributed by atoms with E-state index in [4.69, 9.17) is 0 Å². The van der Waals surface area contributed by atoms with Gasteiger partial charge in [0.05, 0.1) is 0 Å². The highest BCUT2D eigenvalue weighted by atomic mass is 32.2. The summed E-state index contributed by atoms with van der Waals surface area (Å²) in [4.78, 5) is 26.0. The first-order valence-corrected chi connectivity index (χ1v) is 10.3. The predicted molar refractivity (Wildman–Crippen MR) is 107 cm³/mol. The van der Waals surface area contributed by atoms with Gasteiger partial charge >= 0.3 is 0 Å². The molecule has 0 saturated carbocycles. The fourth-order valence-electron chi connectivity index (χ4n) is 4.22. The fourth-order valence-corrected chi connectivity index (χ4v) is 5.41. The lowest BCUT2D eigenvalue weighted by Crippen LogP contribution is -2.49. The summed E-state index contributed by atoms with van der Waals surface area (Å²) in [7, 11) is 0. The van der Waals surface area contributed by atoms with E-state index in [0.29, 0.717) is 0 Å². The summed E-state index contributed by atoms with van der Waals surface area (Å²) >= 11 is 1.86. The van der Waals surface area contributed by atoms with E-state index in [9.17, 15) is 9.59 Å². The molecule has 2 fully saturated rings. The first-order chi connectivity index (χ1) is 12.5. The molecule has 26 heavy (non-hydrogen) atoms. The van der Waals surface area contributed by atoms with Crippen LogP contribution < -0.4 is 5.32 Å². The molecular formula is C22H23NO2S. The highest BCUT2D eigenvalue weighted by molar-refractivity contribution is 7.99. The van der Waals surface area contributed by atoms with Crippen LogP contribution in [0.1, 0.15) is 35.4 Å². The molecule has 1 N–H and O–H groups in total. The largest absolute Gasteiger partial charge is 0.343 e. The quantitative estimate of drug-likeness (QED) is 0.818. The highest BCUT2D eigenvalue weighted by Gasteiger charge is 2.53. The van der Waals surface area contributed by atoms with E-state index in [0.717, 1.165) is 52.2 Å². The molecule has 2 aromatic rings. The molecule has 0 radical (unpaired) electrons. The molecule has 2 aromatic carbocycles. The second-order valence-corrected chi connectivity index (χ2v) is 8.60. The minimum absolute atomic E-state index is 0.0674. The van der Waals surface area contributed by atoms with Gasteiger partial charge in [0.25, 0.3) is 0 Å². The van der Waals surface area contributed by atoms with Crippen molar-refractivity contribution in [3.63, 3.8) is 0 Å². The van der Waals surface area contributed by atoms with Crippen LogP contribution in [0, 0.1) is 13.8 Å². The number of benzene rings is 2. The summed E-state index contributed by atoms with van der Waals surface area (Å²) in [6.45, 7) is 4.05. The van der Waals surface area contributed by atoms with E-state index in [2.05, 4.69) is 30.4 Å². The Kier molecular flexibility index (Phi) is 4.39. The maximum absolute atomic E-state index is 13.2. The van der Waals surface area contributed by atoms with Crippen molar-refractivity contribution >= 4 is 23.5 Å². The van der Waals surface area contributed by atoms with E-state index >= 15 is 0 Å². The molecule has 2 heterocycles. The third-order valence-corrected chi connectivity index (χ3v) is 6.70. The molecule has 1 atom stereocenters. The Morgan fingerprint density at radius 3 is 2.38 bits per heavy atom. The number of amides is 1. The number of hydrogen-bond acceptors (Lipinski definition) is 3. The van der Waals surface area contributed by atoms with Gasteiger partial charge in [-0.2, -0.15) is 11.8 Å². The van der Waals surface area contributed by atoms with Gasteiger partial charge in [-0.3, -0.25) is 9.59 Å². The lowest BCUT2D eigenvalue weighted by atomic mass is 9.81. The summed E-state index contributed by atoms with van der Waals surface area (Å²) in [5.74, 6) is 1.14. The van der Waals surface area contributed by atoms with Gasteiger partial charge in [0.15, 0.2) is 5.78 Å². The Hall–Kier alpha value is -2.07. The van der Waals surface area contributed by atoms with Gasteiger partial charge < -0.3 is 5.32 Å². The lowest BCUT2D eigenvalue weighted by molar-refractivity contribution is -0.125. The summed E-state index contributed by atoms with van der Waals surface area (Å²) in [6, 6.07) is 14.4. The van der Waals surface area contributed by atoms with Crippen LogP contribution in [0.4, 0.5) is 0 Å². The maximum Gasteiger partial charge on any atom is 0.235 e. The molecule has 134 valence electrons. The number of carbonyl (C=O) groups is 2. The monoisotopic (exact) mass is 365 g/mol. The Morgan fingerprint density at radius 1 is 1.00 bits per heavy atom. The van der Waals surface area contributed by atoms with Gasteiger partial charge in [0.1, 0.15) is 11.5 Å². The zero-order valence-corrected chi connectivity index (χ0v) is 16.0. The normalized spacial score (nSPS) is 21.8. The molecule has 2 aliphatic heterocycles. The third-order valence-electron chi connectivity index (χ3n) is 5.71. The van der Waals surface area contributed by atoms with Crippen molar-refractivity contribution in [3.05, 3.63) is 59.2 Å². The highest BCUT2D eigenvalue weighted by Crippen LogP contribution is 2.40. The molecule has 4 rings (SSSR count). The number of thioether (sulfide) groups is 1. The molecule has 0 aromatic heterocycles. The number of nitrogens with one attached hydrogen (secondary N) is 1. The summed E-state index contributed by atoms with van der Waals surface area (Å²) in [5.41, 5.74) is 4.64. The number of rotatable bonds is 2. The van der Waals surface area contributed by atoms with Gasteiger partial charge in [-0.15, -0.1) is 0 Å². The molecular weight excluding hydrogens is 342 g/mol. The van der Waals surface area contributed by atoms with Crippen molar-refractivity contribution in [1.82, 2.24) is 5.32 Å². The second kappa shape index (κ2) is 6.58. The summed E-state index contributed by atoms with van der Waals surface area (Å²) in [5, 5.41) is 3.06. The number of Topliss-reactive ketones (excluding diaryl/α,β-unsaturated/α-hetero) is 1. The molecule has 0 bridgehead atoms. The third kappa shape index (κ3) is 2.77. The minimum atomic E-state index is -0.665. The van der Waals surface area contributed by atoms with Crippen LogP contribution in [-0.4, -0.2) is 28.7 Å². The first-order valence-electron chi connectivity index (χ1n) is 9.12. The van der Waals surface area contributed by atoms with Gasteiger partial charge in [-0.25, -0.2) is 0 Å². The number of ketones is 1. The smallest absolute Gasteiger partial charge is 0.235 e. The van der Waals surface area contributed by atoms with E-state index in [1.807, 2.05) is 43.0 Å². The zero-order valence-electron chi connectivity index (χ0n) is 15.2. The zero-order chi connectivity index (χ0) is 18.3. The minimum Gasteiger partial charge on any atom is -0.343 e. The number of hydrogen-bond donors (Lipinski definition) is 1. The van der Waals surface area contributed by atoms with Crippen molar-refractivity contribution in [2.24, 2.45) is 0 Å². The molecule has 4 heteroatoms. The first kappa shape index (κ1) is 17.3. The average molecular weight is 365 g/mol. The Bertz CT molecular complexity index is 869. The average Bonchev–Trinajstić information content (AvgIpc) is 2.88. The molecule has 3 nitrogen and oxygen atoms in total. The van der Waals surface area contributed by atoms with Crippen molar-refractivity contribution in [2.45, 2.75) is 38.1 Å². The van der Waals surface area contributed by atoms with Crippen LogP contribution in [0.5, 0.6) is 0 Å². The lowest BCUT2D eigenvalue weighted by Gasteiger charge is -2.31. The van der Waals surface area contributed by atoms with Gasteiger partial charge in [0.2, 0.25) is 5.91 Å². The fraction of sp³-hybridized carbons (Fsp3) is 0.364. The predicted octanol–water partition coefficient (Wildman–Crippen LogP) is 4.02. The van der Waals surface area contributed by atoms with Crippen molar-refractivity contribution < 1.29 is 9.59 Å². The SMILES string of the molecule is Cc1cc(C2C(=O)NC3(CCSCC3)C2=O)c(C)cc1-c1ccccc1. The van der Waals surface area contributed by atoms with Crippen LogP contribution in [-0.2, 0) is 9.59 Å². The summed E-state index contributed by atoms with van der Waals surface area (Å²) in [6.07, 6.45) is 1.50. The molecule has 0 aliphatic carbocycles. The molecule has 1 unspecified atom stereocenters. The van der Waals surface area contributed by atoms with E-state index in [-0.39, 0.29) is 11.7 Å². The molecule has 1 spiro atoms. The van der Waals surface area contributed by atoms with Crippen LogP contribution in [0.15, 0.2) is 42.5 Å². The topological polar surface area (TPSA) is 46.2 Å². The number of aryl methyl sites for hydroxylation is 2. The van der Waals surface area contributed by atoms with E-state index in [1.54, 1.807) is 0 Å². The Morgan fingerprint density at radius 2 is 1.69 bits per heavy atom. The molecule has 2 aliphatic rings. The van der Waals surface area contributed by atoms with Crippen LogP contribution >= 0.6 is 11.8 Å². The molecule has 2 saturated heterocycles. The molecule has 1 amide bonds. The van der Waals surface area contributed by atoms with Crippen molar-refractivity contribution in [1.29, 1.82) is 0 Å². The van der Waals surface area contributed by atoms with E-state index in [1.165, 1.54) is 0 Å². The van der Waals surface area contributed by atoms with E-state index < -0.39 is 11.5 Å². The maximum atomic E-state index is 13.2. The van der Waals surface area contributed by atoms with Crippen LogP contribution in [0.3, 0.4) is 0 Å². The van der Waals surface area contributed by atoms with Gasteiger partial charge in [0, 0.05) is 0 Å². The Balaban J connectivity index is 1.73. The Labute approximate surface area is 158 Å². The standard InChI is InChI=1S/C22H23NO2S/c1-14-13-18(15(2)12-17(14)16-6-4-3-5-7-16)19-20(24)22(23-21(19)25)8-10-26-11-9-22/h3-7,12-13,19H,8-11H2,1-2H3,(H,23,25). The van der Waals surface area contributed by atoms with Crippen molar-refractivity contribution in [2.75, 3.05) is 11.5 Å². The van der Waals surface area contributed by atoms with Crippen LogP contribution in [0.2, 0.25) is 0 Å². The van der Waals surface area contributed by atoms with Gasteiger partial charge in [-0.1, -0.05) is 42.5 Å². The summed E-state index contributed by atoms with van der Waals surface area (Å²) < 4.78 is 0.